The standard InChI is InChI=1S/C16H22N4O/c1-11(12-9-7-6-8-10-12)20(5)14(21)13-17-15(19-18-13)16(2,3)4/h6-11H,1-5H3,(H,17,18,19). The SMILES string of the molecule is CC(c1ccccc1)N(C)C(=O)c1n[nH]c(C(C)(C)C)n1. The van der Waals surface area contributed by atoms with Gasteiger partial charge in [-0.3, -0.25) is 9.89 Å². The lowest BCUT2D eigenvalue weighted by atomic mass is 9.96. The Bertz CT molecular complexity index is 613. The Hall–Kier alpha value is -2.17. The van der Waals surface area contributed by atoms with Crippen molar-refractivity contribution in [1.29, 1.82) is 0 Å². The van der Waals surface area contributed by atoms with Crippen molar-refractivity contribution < 1.29 is 4.79 Å². The summed E-state index contributed by atoms with van der Waals surface area (Å²) in [6.07, 6.45) is 0. The molecule has 0 bridgehead atoms. The Kier molecular flexibility index (Phi) is 4.11. The fourth-order valence-electron chi connectivity index (χ4n) is 1.98. The average Bonchev–Trinajstić information content (AvgIpc) is 2.95. The van der Waals surface area contributed by atoms with Crippen LogP contribution in [0.25, 0.3) is 0 Å². The average molecular weight is 286 g/mol. The van der Waals surface area contributed by atoms with Gasteiger partial charge in [0.05, 0.1) is 6.04 Å². The van der Waals surface area contributed by atoms with Crippen LogP contribution in [0.5, 0.6) is 0 Å². The van der Waals surface area contributed by atoms with E-state index in [1.165, 1.54) is 0 Å². The molecule has 0 fully saturated rings. The molecule has 1 atom stereocenters. The first-order valence-electron chi connectivity index (χ1n) is 7.05. The second-order valence-corrected chi connectivity index (χ2v) is 6.26. The molecule has 1 unspecified atom stereocenters. The minimum absolute atomic E-state index is 0.0321. The molecular formula is C16H22N4O. The van der Waals surface area contributed by atoms with E-state index in [4.69, 9.17) is 0 Å². The van der Waals surface area contributed by atoms with E-state index in [2.05, 4.69) is 15.2 Å². The van der Waals surface area contributed by atoms with Crippen molar-refractivity contribution in [3.63, 3.8) is 0 Å². The summed E-state index contributed by atoms with van der Waals surface area (Å²) in [6, 6.07) is 9.88. The monoisotopic (exact) mass is 286 g/mol. The molecule has 0 aliphatic carbocycles. The molecule has 1 heterocycles. The van der Waals surface area contributed by atoms with Crippen molar-refractivity contribution >= 4 is 5.91 Å². The zero-order chi connectivity index (χ0) is 15.6. The Balaban J connectivity index is 2.18. The molecule has 112 valence electrons. The molecule has 0 radical (unpaired) electrons. The first-order valence-corrected chi connectivity index (χ1v) is 7.05. The number of carbonyl (C=O) groups is 1. The lowest BCUT2D eigenvalue weighted by molar-refractivity contribution is 0.0730. The van der Waals surface area contributed by atoms with Gasteiger partial charge in [0.1, 0.15) is 5.82 Å². The van der Waals surface area contributed by atoms with Gasteiger partial charge in [0, 0.05) is 12.5 Å². The van der Waals surface area contributed by atoms with Gasteiger partial charge in [-0.25, -0.2) is 4.98 Å². The van der Waals surface area contributed by atoms with Crippen LogP contribution in [0.2, 0.25) is 0 Å². The predicted octanol–water partition coefficient (Wildman–Crippen LogP) is 2.94. The van der Waals surface area contributed by atoms with E-state index in [9.17, 15) is 4.79 Å². The predicted molar refractivity (Wildman–Crippen MR) is 82.0 cm³/mol. The number of hydrogen-bond acceptors (Lipinski definition) is 3. The summed E-state index contributed by atoms with van der Waals surface area (Å²) in [6.45, 7) is 8.07. The highest BCUT2D eigenvalue weighted by Crippen LogP contribution is 2.21. The number of aromatic nitrogens is 3. The number of hydrogen-bond donors (Lipinski definition) is 1. The molecule has 0 saturated heterocycles. The second kappa shape index (κ2) is 5.68. The van der Waals surface area contributed by atoms with Crippen LogP contribution in [0.3, 0.4) is 0 Å². The van der Waals surface area contributed by atoms with Crippen LogP contribution in [0.1, 0.15) is 55.7 Å². The molecule has 1 N–H and O–H groups in total. The maximum absolute atomic E-state index is 12.5. The van der Waals surface area contributed by atoms with Crippen LogP contribution in [0, 0.1) is 0 Å². The highest BCUT2D eigenvalue weighted by atomic mass is 16.2. The van der Waals surface area contributed by atoms with Crippen LogP contribution in [-0.4, -0.2) is 33.0 Å². The van der Waals surface area contributed by atoms with Gasteiger partial charge in [0.25, 0.3) is 5.91 Å². The molecule has 0 spiro atoms. The van der Waals surface area contributed by atoms with Crippen molar-refractivity contribution in [1.82, 2.24) is 20.1 Å². The van der Waals surface area contributed by atoms with Gasteiger partial charge in [0.15, 0.2) is 0 Å². The van der Waals surface area contributed by atoms with Crippen LogP contribution < -0.4 is 0 Å². The summed E-state index contributed by atoms with van der Waals surface area (Å²) in [7, 11) is 1.77. The van der Waals surface area contributed by atoms with E-state index in [-0.39, 0.29) is 23.2 Å². The normalized spacial score (nSPS) is 13.0. The summed E-state index contributed by atoms with van der Waals surface area (Å²) in [5.74, 6) is 0.745. The third kappa shape index (κ3) is 3.29. The topological polar surface area (TPSA) is 61.9 Å². The number of H-pyrrole nitrogens is 1. The van der Waals surface area contributed by atoms with E-state index in [1.807, 2.05) is 58.0 Å². The zero-order valence-electron chi connectivity index (χ0n) is 13.2. The Morgan fingerprint density at radius 3 is 2.38 bits per heavy atom. The maximum Gasteiger partial charge on any atom is 0.293 e. The van der Waals surface area contributed by atoms with Crippen LogP contribution >= 0.6 is 0 Å². The maximum atomic E-state index is 12.5. The molecule has 2 rings (SSSR count). The highest BCUT2D eigenvalue weighted by molar-refractivity contribution is 5.90. The molecule has 5 nitrogen and oxygen atoms in total. The first kappa shape index (κ1) is 15.2. The third-order valence-corrected chi connectivity index (χ3v) is 3.57. The summed E-state index contributed by atoms with van der Waals surface area (Å²) in [5, 5.41) is 6.90. The molecule has 0 saturated carbocycles. The second-order valence-electron chi connectivity index (χ2n) is 6.26. The van der Waals surface area contributed by atoms with Crippen LogP contribution in [-0.2, 0) is 5.41 Å². The van der Waals surface area contributed by atoms with Gasteiger partial charge in [0.2, 0.25) is 5.82 Å². The summed E-state index contributed by atoms with van der Waals surface area (Å²) in [4.78, 5) is 18.5. The van der Waals surface area contributed by atoms with Crippen molar-refractivity contribution in [3.05, 3.63) is 47.5 Å². The smallest absolute Gasteiger partial charge is 0.293 e. The Morgan fingerprint density at radius 1 is 1.24 bits per heavy atom. The quantitative estimate of drug-likeness (QED) is 0.943. The Morgan fingerprint density at radius 2 is 1.86 bits per heavy atom. The molecular weight excluding hydrogens is 264 g/mol. The van der Waals surface area contributed by atoms with E-state index in [0.717, 1.165) is 5.56 Å². The minimum atomic E-state index is -0.182. The molecule has 1 aromatic carbocycles. The molecule has 0 aliphatic rings. The third-order valence-electron chi connectivity index (χ3n) is 3.57. The summed E-state index contributed by atoms with van der Waals surface area (Å²) >= 11 is 0. The van der Waals surface area contributed by atoms with Gasteiger partial charge in [-0.1, -0.05) is 51.1 Å². The van der Waals surface area contributed by atoms with Crippen molar-refractivity contribution in [2.24, 2.45) is 0 Å². The Labute approximate surface area is 125 Å². The van der Waals surface area contributed by atoms with Crippen molar-refractivity contribution in [3.8, 4) is 0 Å². The number of amides is 1. The number of nitrogens with one attached hydrogen (secondary N) is 1. The molecule has 21 heavy (non-hydrogen) atoms. The summed E-state index contributed by atoms with van der Waals surface area (Å²) < 4.78 is 0. The first-order chi connectivity index (χ1) is 9.80. The molecule has 2 aromatic rings. The lowest BCUT2D eigenvalue weighted by Crippen LogP contribution is -2.30. The fourth-order valence-corrected chi connectivity index (χ4v) is 1.98. The number of rotatable bonds is 3. The van der Waals surface area contributed by atoms with E-state index >= 15 is 0 Å². The van der Waals surface area contributed by atoms with Crippen molar-refractivity contribution in [2.45, 2.75) is 39.2 Å². The van der Waals surface area contributed by atoms with Crippen LogP contribution in [0.15, 0.2) is 30.3 Å². The van der Waals surface area contributed by atoms with Gasteiger partial charge >= 0.3 is 0 Å². The van der Waals surface area contributed by atoms with Gasteiger partial charge in [-0.05, 0) is 12.5 Å². The van der Waals surface area contributed by atoms with Gasteiger partial charge < -0.3 is 4.90 Å². The van der Waals surface area contributed by atoms with Crippen LogP contribution in [0.4, 0.5) is 0 Å². The van der Waals surface area contributed by atoms with E-state index < -0.39 is 0 Å². The lowest BCUT2D eigenvalue weighted by Gasteiger charge is -2.24. The molecule has 1 aromatic heterocycles. The van der Waals surface area contributed by atoms with E-state index in [0.29, 0.717) is 5.82 Å². The number of aromatic amines is 1. The minimum Gasteiger partial charge on any atom is -0.332 e. The number of nitrogens with zero attached hydrogens (tertiary/aromatic N) is 3. The van der Waals surface area contributed by atoms with Gasteiger partial charge in [-0.15, -0.1) is 5.10 Å². The zero-order valence-corrected chi connectivity index (χ0v) is 13.2. The van der Waals surface area contributed by atoms with E-state index in [1.54, 1.807) is 11.9 Å². The number of carbonyl (C=O) groups excluding carboxylic acids is 1. The van der Waals surface area contributed by atoms with Gasteiger partial charge in [-0.2, -0.15) is 0 Å². The number of benzene rings is 1. The summed E-state index contributed by atoms with van der Waals surface area (Å²) in [5.41, 5.74) is 0.926. The molecule has 5 heteroatoms. The molecule has 1 amide bonds. The van der Waals surface area contributed by atoms with Crippen molar-refractivity contribution in [2.75, 3.05) is 7.05 Å². The largest absolute Gasteiger partial charge is 0.332 e. The highest BCUT2D eigenvalue weighted by Gasteiger charge is 2.25. The fraction of sp³-hybridized carbons (Fsp3) is 0.438. The molecule has 0 aliphatic heterocycles.